The van der Waals surface area contributed by atoms with Gasteiger partial charge in [0.1, 0.15) is 5.02 Å². The molecule has 188 valence electrons. The Morgan fingerprint density at radius 2 is 1.78 bits per heavy atom. The number of nitrogens with one attached hydrogen (secondary N) is 1. The Bertz CT molecular complexity index is 1250. The van der Waals surface area contributed by atoms with Gasteiger partial charge in [-0.25, -0.2) is 9.59 Å². The molecule has 2 aromatic carbocycles. The predicted octanol–water partition coefficient (Wildman–Crippen LogP) is 4.88. The fraction of sp³-hybridized carbons (Fsp3) is 0.269. The summed E-state index contributed by atoms with van der Waals surface area (Å²) in [6.07, 6.45) is 2.01. The van der Waals surface area contributed by atoms with Crippen molar-refractivity contribution in [2.45, 2.75) is 25.3 Å². The number of hydrogen-bond acceptors (Lipinski definition) is 6. The zero-order valence-corrected chi connectivity index (χ0v) is 20.8. The minimum Gasteiger partial charge on any atom is -0.479 e. The highest BCUT2D eigenvalue weighted by Crippen LogP contribution is 2.46. The second-order valence-corrected chi connectivity index (χ2v) is 9.83. The number of carboxylic acid groups (broad SMARTS) is 2. The summed E-state index contributed by atoms with van der Waals surface area (Å²) in [6, 6.07) is 17.3. The van der Waals surface area contributed by atoms with Gasteiger partial charge in [0, 0.05) is 24.8 Å². The number of piperidine rings is 1. The van der Waals surface area contributed by atoms with Gasteiger partial charge in [0.05, 0.1) is 11.3 Å². The first-order valence-electron chi connectivity index (χ1n) is 11.4. The summed E-state index contributed by atoms with van der Waals surface area (Å²) in [5, 5.41) is 22.0. The number of anilines is 1. The average molecular weight is 529 g/mol. The van der Waals surface area contributed by atoms with Crippen molar-refractivity contribution in [2.75, 3.05) is 25.0 Å². The lowest BCUT2D eigenvalue weighted by Gasteiger charge is -2.33. The van der Waals surface area contributed by atoms with Crippen LogP contribution in [0.4, 0.5) is 5.69 Å². The predicted molar refractivity (Wildman–Crippen MR) is 138 cm³/mol. The zero-order valence-electron chi connectivity index (χ0n) is 19.3. The Morgan fingerprint density at radius 3 is 2.44 bits per heavy atom. The number of benzene rings is 2. The molecule has 0 unspecified atom stereocenters. The minimum absolute atomic E-state index is 0.0704. The van der Waals surface area contributed by atoms with Crippen LogP contribution in [0.25, 0.3) is 10.4 Å². The van der Waals surface area contributed by atoms with Crippen LogP contribution >= 0.6 is 22.9 Å². The van der Waals surface area contributed by atoms with E-state index in [4.69, 9.17) is 21.4 Å². The first-order chi connectivity index (χ1) is 17.3. The van der Waals surface area contributed by atoms with Crippen LogP contribution in [0, 0.1) is 0 Å². The fourth-order valence-electron chi connectivity index (χ4n) is 4.13. The number of amides is 1. The van der Waals surface area contributed by atoms with Crippen LogP contribution in [0.2, 0.25) is 5.02 Å². The molecule has 1 fully saturated rings. The van der Waals surface area contributed by atoms with E-state index in [-0.39, 0.29) is 27.6 Å². The van der Waals surface area contributed by atoms with Gasteiger partial charge in [-0.2, -0.15) is 0 Å². The van der Waals surface area contributed by atoms with E-state index in [2.05, 4.69) is 5.32 Å². The molecular weight excluding hydrogens is 504 g/mol. The van der Waals surface area contributed by atoms with Gasteiger partial charge in [-0.15, -0.1) is 11.3 Å². The van der Waals surface area contributed by atoms with E-state index >= 15 is 0 Å². The molecule has 4 rings (SSSR count). The van der Waals surface area contributed by atoms with E-state index < -0.39 is 18.5 Å². The summed E-state index contributed by atoms with van der Waals surface area (Å²) < 4.78 is 5.16. The molecule has 3 aromatic rings. The Balaban J connectivity index is 1.41. The Kier molecular flexibility index (Phi) is 8.12. The SMILES string of the molecule is O=C(O)COc1c(C(=O)O)sc(-c2cccc(NC3CCN(C(=O)Cc4ccccc4)CC3)c2)c1Cl. The third-order valence-corrected chi connectivity index (χ3v) is 7.57. The van der Waals surface area contributed by atoms with Gasteiger partial charge in [0.15, 0.2) is 17.2 Å². The van der Waals surface area contributed by atoms with E-state index in [1.807, 2.05) is 53.4 Å². The molecule has 0 spiro atoms. The number of halogens is 1. The van der Waals surface area contributed by atoms with Gasteiger partial charge in [0.25, 0.3) is 0 Å². The van der Waals surface area contributed by atoms with Gasteiger partial charge in [-0.3, -0.25) is 4.79 Å². The van der Waals surface area contributed by atoms with Gasteiger partial charge in [-0.1, -0.05) is 54.1 Å². The highest BCUT2D eigenvalue weighted by Gasteiger charge is 2.26. The highest BCUT2D eigenvalue weighted by molar-refractivity contribution is 7.18. The molecule has 1 saturated heterocycles. The van der Waals surface area contributed by atoms with E-state index in [9.17, 15) is 19.5 Å². The Labute approximate surface area is 217 Å². The number of aliphatic carboxylic acids is 1. The van der Waals surface area contributed by atoms with Crippen molar-refractivity contribution < 1.29 is 29.3 Å². The average Bonchev–Trinajstić information content (AvgIpc) is 3.20. The van der Waals surface area contributed by atoms with Crippen LogP contribution in [-0.2, 0) is 16.0 Å². The molecule has 1 aliphatic heterocycles. The van der Waals surface area contributed by atoms with E-state index in [1.165, 1.54) is 0 Å². The lowest BCUT2D eigenvalue weighted by molar-refractivity contribution is -0.139. The number of rotatable bonds is 9. The third-order valence-electron chi connectivity index (χ3n) is 5.88. The molecule has 3 N–H and O–H groups in total. The number of carboxylic acids is 2. The Hall–Kier alpha value is -3.56. The van der Waals surface area contributed by atoms with Crippen LogP contribution in [0.5, 0.6) is 5.75 Å². The largest absolute Gasteiger partial charge is 0.479 e. The van der Waals surface area contributed by atoms with Crippen LogP contribution < -0.4 is 10.1 Å². The maximum atomic E-state index is 12.6. The number of likely N-dealkylation sites (tertiary alicyclic amines) is 1. The van der Waals surface area contributed by atoms with E-state index in [1.54, 1.807) is 6.07 Å². The van der Waals surface area contributed by atoms with Gasteiger partial charge < -0.3 is 25.2 Å². The smallest absolute Gasteiger partial charge is 0.349 e. The number of thiophene rings is 1. The lowest BCUT2D eigenvalue weighted by atomic mass is 10.0. The molecule has 0 radical (unpaired) electrons. The first kappa shape index (κ1) is 25.5. The first-order valence-corrected chi connectivity index (χ1v) is 12.6. The Morgan fingerprint density at radius 1 is 1.06 bits per heavy atom. The van der Waals surface area contributed by atoms with Gasteiger partial charge >= 0.3 is 11.9 Å². The quantitative estimate of drug-likeness (QED) is 0.362. The number of carbonyl (C=O) groups is 3. The maximum Gasteiger partial charge on any atom is 0.349 e. The minimum atomic E-state index is -1.24. The molecule has 0 aliphatic carbocycles. The second kappa shape index (κ2) is 11.5. The molecule has 0 bridgehead atoms. The van der Waals surface area contributed by atoms with Crippen LogP contribution in [0.1, 0.15) is 28.1 Å². The van der Waals surface area contributed by atoms with E-state index in [0.717, 1.165) is 35.4 Å². The van der Waals surface area contributed by atoms with Crippen LogP contribution in [0.15, 0.2) is 54.6 Å². The number of hydrogen-bond donors (Lipinski definition) is 3. The standard InChI is InChI=1S/C26H25ClN2O6S/c27-22-23(35-15-21(31)32)25(26(33)34)36-24(22)17-7-4-8-19(14-17)28-18-9-11-29(12-10-18)20(30)13-16-5-2-1-3-6-16/h1-8,14,18,28H,9-13,15H2,(H,31,32)(H,33,34). The summed E-state index contributed by atoms with van der Waals surface area (Å²) in [7, 11) is 0. The molecule has 1 aliphatic rings. The van der Waals surface area contributed by atoms with Crippen molar-refractivity contribution in [2.24, 2.45) is 0 Å². The molecule has 1 amide bonds. The van der Waals surface area contributed by atoms with Crippen LogP contribution in [-0.4, -0.2) is 58.7 Å². The van der Waals surface area contributed by atoms with Crippen molar-refractivity contribution >= 4 is 46.5 Å². The molecule has 0 saturated carbocycles. The number of nitrogens with zero attached hydrogens (tertiary/aromatic N) is 1. The van der Waals surface area contributed by atoms with Crippen molar-refractivity contribution in [1.82, 2.24) is 4.90 Å². The lowest BCUT2D eigenvalue weighted by Crippen LogP contribution is -2.43. The van der Waals surface area contributed by atoms with Crippen LogP contribution in [0.3, 0.4) is 0 Å². The van der Waals surface area contributed by atoms with Gasteiger partial charge in [-0.05, 0) is 36.1 Å². The highest BCUT2D eigenvalue weighted by atomic mass is 35.5. The number of aromatic carboxylic acids is 1. The normalized spacial score (nSPS) is 13.9. The molecule has 0 atom stereocenters. The van der Waals surface area contributed by atoms with Crippen molar-refractivity contribution in [3.8, 4) is 16.2 Å². The van der Waals surface area contributed by atoms with Crippen molar-refractivity contribution in [1.29, 1.82) is 0 Å². The maximum absolute atomic E-state index is 12.6. The summed E-state index contributed by atoms with van der Waals surface area (Å²) >= 11 is 7.35. The van der Waals surface area contributed by atoms with Gasteiger partial charge in [0.2, 0.25) is 5.91 Å². The van der Waals surface area contributed by atoms with Crippen molar-refractivity contribution in [3.05, 3.63) is 70.1 Å². The molecular formula is C26H25ClN2O6S. The van der Waals surface area contributed by atoms with E-state index in [0.29, 0.717) is 30.0 Å². The number of ether oxygens (including phenoxy) is 1. The molecule has 2 heterocycles. The molecule has 1 aromatic heterocycles. The van der Waals surface area contributed by atoms with Crippen molar-refractivity contribution in [3.63, 3.8) is 0 Å². The molecule has 8 nitrogen and oxygen atoms in total. The summed E-state index contributed by atoms with van der Waals surface area (Å²) in [5.74, 6) is -2.48. The number of carbonyl (C=O) groups excluding carboxylic acids is 1. The zero-order chi connectivity index (χ0) is 25.7. The fourth-order valence-corrected chi connectivity index (χ4v) is 5.53. The summed E-state index contributed by atoms with van der Waals surface area (Å²) in [5.41, 5.74) is 2.54. The summed E-state index contributed by atoms with van der Waals surface area (Å²) in [6.45, 7) is 0.655. The summed E-state index contributed by atoms with van der Waals surface area (Å²) in [4.78, 5) is 37.4. The molecule has 10 heteroatoms. The second-order valence-electron chi connectivity index (χ2n) is 8.43. The third kappa shape index (κ3) is 6.16. The topological polar surface area (TPSA) is 116 Å². The monoisotopic (exact) mass is 528 g/mol. The molecule has 36 heavy (non-hydrogen) atoms.